The summed E-state index contributed by atoms with van der Waals surface area (Å²) < 4.78 is 8.59. The molecule has 0 saturated heterocycles. The van der Waals surface area contributed by atoms with Gasteiger partial charge in [0.15, 0.2) is 0 Å². The highest BCUT2D eigenvalue weighted by Crippen LogP contribution is 2.34. The molecule has 0 radical (unpaired) electrons. The molecule has 1 atom stereocenters. The van der Waals surface area contributed by atoms with Crippen LogP contribution in [-0.4, -0.2) is 28.6 Å². The first-order chi connectivity index (χ1) is 8.63. The highest BCUT2D eigenvalue weighted by atomic mass is 79.9. The largest absolute Gasteiger partial charge is 0.383 e. The Morgan fingerprint density at radius 1 is 1.50 bits per heavy atom. The second-order valence-electron chi connectivity index (χ2n) is 3.64. The van der Waals surface area contributed by atoms with Gasteiger partial charge in [-0.25, -0.2) is 0 Å². The van der Waals surface area contributed by atoms with Crippen LogP contribution in [0.25, 0.3) is 0 Å². The van der Waals surface area contributed by atoms with Gasteiger partial charge in [-0.3, -0.25) is 4.68 Å². The maximum atomic E-state index is 10.4. The number of methoxy groups -OCH3 is 1. The molecule has 0 aliphatic carbocycles. The van der Waals surface area contributed by atoms with Gasteiger partial charge in [0.2, 0.25) is 0 Å². The molecular weight excluding hydrogens is 384 g/mol. The monoisotopic (exact) mass is 394 g/mol. The lowest BCUT2D eigenvalue weighted by molar-refractivity contribution is 0.172. The molecule has 0 saturated carbocycles. The highest BCUT2D eigenvalue weighted by Gasteiger charge is 2.20. The molecule has 0 aromatic carbocycles. The van der Waals surface area contributed by atoms with Gasteiger partial charge in [0.25, 0.3) is 0 Å². The average molecular weight is 396 g/mol. The Balaban J connectivity index is 2.28. The number of nitrogens with zero attached hydrogens (tertiary/aromatic N) is 2. The van der Waals surface area contributed by atoms with Gasteiger partial charge < -0.3 is 9.84 Å². The highest BCUT2D eigenvalue weighted by molar-refractivity contribution is 9.11. The average Bonchev–Trinajstić information content (AvgIpc) is 2.92. The fourth-order valence-electron chi connectivity index (χ4n) is 1.61. The maximum Gasteiger partial charge on any atom is 0.131 e. The van der Waals surface area contributed by atoms with Crippen LogP contribution >= 0.6 is 43.2 Å². The van der Waals surface area contributed by atoms with E-state index in [1.807, 2.05) is 12.1 Å². The van der Waals surface area contributed by atoms with Crippen molar-refractivity contribution in [2.45, 2.75) is 12.6 Å². The summed E-state index contributed by atoms with van der Waals surface area (Å²) in [5.74, 6) is 0. The Morgan fingerprint density at radius 3 is 2.89 bits per heavy atom. The van der Waals surface area contributed by atoms with E-state index in [1.165, 1.54) is 11.3 Å². The van der Waals surface area contributed by atoms with Crippen molar-refractivity contribution in [1.29, 1.82) is 0 Å². The van der Waals surface area contributed by atoms with E-state index in [4.69, 9.17) is 4.74 Å². The van der Waals surface area contributed by atoms with Crippen LogP contribution in [0.4, 0.5) is 0 Å². The van der Waals surface area contributed by atoms with Crippen LogP contribution < -0.4 is 0 Å². The molecule has 1 unspecified atom stereocenters. The summed E-state index contributed by atoms with van der Waals surface area (Å²) in [5.41, 5.74) is 0.751. The molecule has 18 heavy (non-hydrogen) atoms. The Morgan fingerprint density at radius 2 is 2.28 bits per heavy atom. The van der Waals surface area contributed by atoms with Gasteiger partial charge >= 0.3 is 0 Å². The van der Waals surface area contributed by atoms with Crippen molar-refractivity contribution in [3.63, 3.8) is 0 Å². The maximum absolute atomic E-state index is 10.4. The smallest absolute Gasteiger partial charge is 0.131 e. The van der Waals surface area contributed by atoms with Gasteiger partial charge in [0.05, 0.1) is 33.3 Å². The number of aliphatic hydroxyl groups is 1. The molecule has 4 nitrogen and oxygen atoms in total. The van der Waals surface area contributed by atoms with Crippen LogP contribution in [0.15, 0.2) is 26.6 Å². The number of rotatable bonds is 5. The first kappa shape index (κ1) is 14.2. The van der Waals surface area contributed by atoms with E-state index in [9.17, 15) is 5.11 Å². The number of aliphatic hydroxyl groups excluding tert-OH is 1. The van der Waals surface area contributed by atoms with E-state index in [1.54, 1.807) is 18.0 Å². The summed E-state index contributed by atoms with van der Waals surface area (Å²) in [6.45, 7) is 1.17. The lowest BCUT2D eigenvalue weighted by Gasteiger charge is -2.12. The van der Waals surface area contributed by atoms with Gasteiger partial charge in [-0.05, 0) is 44.0 Å². The minimum Gasteiger partial charge on any atom is -0.383 e. The van der Waals surface area contributed by atoms with E-state index < -0.39 is 6.10 Å². The Kier molecular flexibility index (Phi) is 4.97. The van der Waals surface area contributed by atoms with Crippen molar-refractivity contribution in [2.24, 2.45) is 0 Å². The molecule has 1 N–H and O–H groups in total. The van der Waals surface area contributed by atoms with Crippen LogP contribution in [0, 0.1) is 0 Å². The van der Waals surface area contributed by atoms with E-state index in [0.717, 1.165) is 18.8 Å². The molecule has 0 bridgehead atoms. The third-order valence-electron chi connectivity index (χ3n) is 2.46. The normalized spacial score (nSPS) is 12.9. The molecule has 2 aromatic heterocycles. The van der Waals surface area contributed by atoms with Crippen LogP contribution in [0.2, 0.25) is 0 Å². The lowest BCUT2D eigenvalue weighted by atomic mass is 10.2. The predicted molar refractivity (Wildman–Crippen MR) is 77.9 cm³/mol. The van der Waals surface area contributed by atoms with E-state index in [-0.39, 0.29) is 0 Å². The van der Waals surface area contributed by atoms with Gasteiger partial charge in [0.1, 0.15) is 6.10 Å². The number of halogens is 2. The van der Waals surface area contributed by atoms with E-state index in [2.05, 4.69) is 37.0 Å². The van der Waals surface area contributed by atoms with Crippen LogP contribution in [0.1, 0.15) is 16.7 Å². The molecule has 98 valence electrons. The van der Waals surface area contributed by atoms with Gasteiger partial charge in [-0.15, -0.1) is 11.3 Å². The molecule has 0 spiro atoms. The summed E-state index contributed by atoms with van der Waals surface area (Å²) in [7, 11) is 1.64. The molecule has 0 aliphatic rings. The standard InChI is InChI=1S/C11H12Br2N2O2S/c1-17-5-4-15-10(7(12)6-14-15)11(16)8-2-3-9(13)18-8/h2-3,6,11,16H,4-5H2,1H3. The predicted octanol–water partition coefficient (Wildman–Crippen LogP) is 3.20. The van der Waals surface area contributed by atoms with Crippen molar-refractivity contribution < 1.29 is 9.84 Å². The van der Waals surface area contributed by atoms with E-state index >= 15 is 0 Å². The first-order valence-corrected chi connectivity index (χ1v) is 7.67. The molecule has 7 heteroatoms. The molecule has 2 heterocycles. The first-order valence-electron chi connectivity index (χ1n) is 5.27. The fourth-order valence-corrected chi connectivity index (χ4v) is 3.54. The van der Waals surface area contributed by atoms with Crippen molar-refractivity contribution in [2.75, 3.05) is 13.7 Å². The molecular formula is C11H12Br2N2O2S. The second kappa shape index (κ2) is 6.29. The number of hydrogen-bond acceptors (Lipinski definition) is 4. The number of aromatic nitrogens is 2. The molecule has 0 amide bonds. The number of hydrogen-bond donors (Lipinski definition) is 1. The zero-order valence-corrected chi connectivity index (χ0v) is 13.6. The Labute approximate surface area is 126 Å². The number of ether oxygens (including phenoxy) is 1. The topological polar surface area (TPSA) is 47.3 Å². The van der Waals surface area contributed by atoms with Crippen molar-refractivity contribution in [3.8, 4) is 0 Å². The summed E-state index contributed by atoms with van der Waals surface area (Å²) in [6.07, 6.45) is 1.01. The van der Waals surface area contributed by atoms with E-state index in [0.29, 0.717) is 13.2 Å². The molecule has 0 fully saturated rings. The lowest BCUT2D eigenvalue weighted by Crippen LogP contribution is -2.13. The summed E-state index contributed by atoms with van der Waals surface area (Å²) >= 11 is 8.33. The SMILES string of the molecule is COCCn1ncc(Br)c1C(O)c1ccc(Br)s1. The minimum atomic E-state index is -0.685. The number of thiophene rings is 1. The zero-order valence-electron chi connectivity index (χ0n) is 9.64. The fraction of sp³-hybridized carbons (Fsp3) is 0.364. The van der Waals surface area contributed by atoms with Crippen LogP contribution in [0.5, 0.6) is 0 Å². The van der Waals surface area contributed by atoms with Crippen molar-refractivity contribution >= 4 is 43.2 Å². The Bertz CT molecular complexity index is 527. The third-order valence-corrected chi connectivity index (χ3v) is 4.75. The van der Waals surface area contributed by atoms with Crippen molar-refractivity contribution in [1.82, 2.24) is 9.78 Å². The molecule has 0 aliphatic heterocycles. The van der Waals surface area contributed by atoms with Gasteiger partial charge in [-0.1, -0.05) is 0 Å². The zero-order chi connectivity index (χ0) is 13.1. The molecule has 2 aromatic rings. The van der Waals surface area contributed by atoms with Crippen molar-refractivity contribution in [3.05, 3.63) is 37.2 Å². The minimum absolute atomic E-state index is 0.558. The summed E-state index contributed by atoms with van der Waals surface area (Å²) in [6, 6.07) is 3.83. The summed E-state index contributed by atoms with van der Waals surface area (Å²) in [4.78, 5) is 0.877. The Hall–Kier alpha value is -0.210. The summed E-state index contributed by atoms with van der Waals surface area (Å²) in [5, 5.41) is 14.6. The van der Waals surface area contributed by atoms with Crippen LogP contribution in [0.3, 0.4) is 0 Å². The second-order valence-corrected chi connectivity index (χ2v) is 6.99. The van der Waals surface area contributed by atoms with Gasteiger partial charge in [-0.2, -0.15) is 5.10 Å². The van der Waals surface area contributed by atoms with Gasteiger partial charge in [0, 0.05) is 12.0 Å². The molecule has 2 rings (SSSR count). The van der Waals surface area contributed by atoms with Crippen LogP contribution in [-0.2, 0) is 11.3 Å². The quantitative estimate of drug-likeness (QED) is 0.845. The third kappa shape index (κ3) is 3.03.